The first-order valence-electron chi connectivity index (χ1n) is 4.01. The summed E-state index contributed by atoms with van der Waals surface area (Å²) in [4.78, 5) is 4.99. The molecule has 12 heavy (non-hydrogen) atoms. The molecule has 72 valence electrons. The van der Waals surface area contributed by atoms with Crippen molar-refractivity contribution in [2.24, 2.45) is 0 Å². The van der Waals surface area contributed by atoms with E-state index >= 15 is 0 Å². The van der Waals surface area contributed by atoms with Crippen LogP contribution in [0.1, 0.15) is 27.2 Å². The van der Waals surface area contributed by atoms with Gasteiger partial charge in [-0.25, -0.2) is 8.42 Å². The molecule has 1 rings (SSSR count). The van der Waals surface area contributed by atoms with E-state index in [-0.39, 0.29) is 0 Å². The zero-order valence-electron chi connectivity index (χ0n) is 7.70. The molecule has 1 aliphatic heterocycles. The average molecular weight is 193 g/mol. The van der Waals surface area contributed by atoms with Gasteiger partial charge in [-0.2, -0.15) is 0 Å². The van der Waals surface area contributed by atoms with Crippen molar-refractivity contribution in [3.63, 3.8) is 0 Å². The van der Waals surface area contributed by atoms with Crippen LogP contribution in [0.25, 0.3) is 0 Å². The molecular weight excluding hydrogens is 178 g/mol. The van der Waals surface area contributed by atoms with Crippen LogP contribution in [-0.4, -0.2) is 30.8 Å². The first-order chi connectivity index (χ1) is 5.36. The summed E-state index contributed by atoms with van der Waals surface area (Å²) in [6, 6.07) is 0. The number of sulfonamides is 1. The van der Waals surface area contributed by atoms with Gasteiger partial charge in [-0.15, -0.1) is 0 Å². The SMILES string of the molecule is CC(C)(C)S(=O)(=O)N1CCCO1. The van der Waals surface area contributed by atoms with E-state index in [0.717, 1.165) is 10.9 Å². The molecule has 0 amide bonds. The summed E-state index contributed by atoms with van der Waals surface area (Å²) in [5, 5.41) is 0. The Balaban J connectivity index is 2.85. The lowest BCUT2D eigenvalue weighted by Gasteiger charge is -2.24. The maximum Gasteiger partial charge on any atom is 0.240 e. The van der Waals surface area contributed by atoms with E-state index in [1.165, 1.54) is 0 Å². The van der Waals surface area contributed by atoms with E-state index in [4.69, 9.17) is 4.84 Å². The predicted octanol–water partition coefficient (Wildman–Crippen LogP) is 0.752. The molecule has 1 heterocycles. The van der Waals surface area contributed by atoms with E-state index in [9.17, 15) is 8.42 Å². The second-order valence-electron chi connectivity index (χ2n) is 3.83. The van der Waals surface area contributed by atoms with Crippen LogP contribution >= 0.6 is 0 Å². The minimum absolute atomic E-state index is 0.486. The summed E-state index contributed by atoms with van der Waals surface area (Å²) >= 11 is 0. The third-order valence-corrected chi connectivity index (χ3v) is 4.13. The average Bonchev–Trinajstić information content (AvgIpc) is 2.34. The molecule has 0 aliphatic carbocycles. The van der Waals surface area contributed by atoms with Gasteiger partial charge in [0, 0.05) is 6.54 Å². The first kappa shape index (κ1) is 9.95. The fourth-order valence-corrected chi connectivity index (χ4v) is 2.11. The molecule has 0 N–H and O–H groups in total. The Morgan fingerprint density at radius 3 is 2.25 bits per heavy atom. The first-order valence-corrected chi connectivity index (χ1v) is 5.45. The highest BCUT2D eigenvalue weighted by atomic mass is 32.2. The van der Waals surface area contributed by atoms with Crippen molar-refractivity contribution >= 4 is 10.0 Å². The van der Waals surface area contributed by atoms with E-state index in [0.29, 0.717) is 13.2 Å². The summed E-state index contributed by atoms with van der Waals surface area (Å²) in [7, 11) is -3.27. The lowest BCUT2D eigenvalue weighted by Crippen LogP contribution is -2.40. The zero-order valence-corrected chi connectivity index (χ0v) is 8.52. The molecule has 0 aromatic heterocycles. The van der Waals surface area contributed by atoms with Crippen LogP contribution in [0, 0.1) is 0 Å². The molecule has 1 saturated heterocycles. The molecule has 0 bridgehead atoms. The number of nitrogens with zero attached hydrogens (tertiary/aromatic N) is 1. The van der Waals surface area contributed by atoms with Gasteiger partial charge in [-0.3, -0.25) is 4.84 Å². The fraction of sp³-hybridized carbons (Fsp3) is 1.00. The van der Waals surface area contributed by atoms with Gasteiger partial charge in [-0.05, 0) is 27.2 Å². The molecule has 1 aliphatic rings. The molecule has 0 aromatic carbocycles. The molecular formula is C7H15NO3S. The highest BCUT2D eigenvalue weighted by Crippen LogP contribution is 2.22. The normalized spacial score (nSPS) is 21.6. The maximum atomic E-state index is 11.7. The number of hydroxylamine groups is 1. The van der Waals surface area contributed by atoms with E-state index < -0.39 is 14.8 Å². The quantitative estimate of drug-likeness (QED) is 0.617. The predicted molar refractivity (Wildman–Crippen MR) is 45.9 cm³/mol. The van der Waals surface area contributed by atoms with Crippen LogP contribution in [0.15, 0.2) is 0 Å². The lowest BCUT2D eigenvalue weighted by molar-refractivity contribution is -0.0303. The zero-order chi connectivity index (χ0) is 9.41. The van der Waals surface area contributed by atoms with Gasteiger partial charge in [0.2, 0.25) is 10.0 Å². The van der Waals surface area contributed by atoms with Gasteiger partial charge in [-0.1, -0.05) is 4.47 Å². The summed E-state index contributed by atoms with van der Waals surface area (Å²) in [5.74, 6) is 0. The summed E-state index contributed by atoms with van der Waals surface area (Å²) < 4.78 is 23.6. The van der Waals surface area contributed by atoms with Gasteiger partial charge in [0.15, 0.2) is 0 Å². The molecule has 5 heteroatoms. The lowest BCUT2D eigenvalue weighted by atomic mass is 10.3. The highest BCUT2D eigenvalue weighted by molar-refractivity contribution is 7.90. The second-order valence-corrected chi connectivity index (χ2v) is 6.41. The third-order valence-electron chi connectivity index (χ3n) is 1.76. The second kappa shape index (κ2) is 2.97. The molecule has 0 saturated carbocycles. The topological polar surface area (TPSA) is 46.6 Å². The van der Waals surface area contributed by atoms with Gasteiger partial charge >= 0.3 is 0 Å². The van der Waals surface area contributed by atoms with Crippen molar-refractivity contribution in [3.8, 4) is 0 Å². The van der Waals surface area contributed by atoms with E-state index in [1.807, 2.05) is 0 Å². The van der Waals surface area contributed by atoms with Crippen LogP contribution in [0.4, 0.5) is 0 Å². The van der Waals surface area contributed by atoms with Crippen LogP contribution in [-0.2, 0) is 14.9 Å². The van der Waals surface area contributed by atoms with Crippen molar-refractivity contribution < 1.29 is 13.3 Å². The molecule has 0 aromatic rings. The van der Waals surface area contributed by atoms with Crippen molar-refractivity contribution in [2.45, 2.75) is 31.9 Å². The van der Waals surface area contributed by atoms with Crippen molar-refractivity contribution in [1.29, 1.82) is 0 Å². The molecule has 4 nitrogen and oxygen atoms in total. The number of hydrogen-bond donors (Lipinski definition) is 0. The van der Waals surface area contributed by atoms with Crippen molar-refractivity contribution in [3.05, 3.63) is 0 Å². The maximum absolute atomic E-state index is 11.7. The van der Waals surface area contributed by atoms with Crippen LogP contribution in [0.2, 0.25) is 0 Å². The number of hydrogen-bond acceptors (Lipinski definition) is 3. The largest absolute Gasteiger partial charge is 0.284 e. The Morgan fingerprint density at radius 2 is 1.92 bits per heavy atom. The summed E-state index contributed by atoms with van der Waals surface area (Å²) in [6.45, 7) is 6.01. The monoisotopic (exact) mass is 193 g/mol. The van der Waals surface area contributed by atoms with Gasteiger partial charge in [0.25, 0.3) is 0 Å². The van der Waals surface area contributed by atoms with Gasteiger partial charge < -0.3 is 0 Å². The molecule has 0 radical (unpaired) electrons. The molecule has 0 atom stereocenters. The fourth-order valence-electron chi connectivity index (χ4n) is 0.920. The van der Waals surface area contributed by atoms with Crippen LogP contribution in [0.5, 0.6) is 0 Å². The Hall–Kier alpha value is -0.130. The Labute approximate surface area is 73.5 Å². The van der Waals surface area contributed by atoms with Crippen molar-refractivity contribution in [1.82, 2.24) is 4.47 Å². The standard InChI is InChI=1S/C7H15NO3S/c1-7(2,3)12(9,10)8-5-4-6-11-8/h4-6H2,1-3H3. The van der Waals surface area contributed by atoms with Crippen LogP contribution in [0.3, 0.4) is 0 Å². The molecule has 0 spiro atoms. The smallest absolute Gasteiger partial charge is 0.240 e. The van der Waals surface area contributed by atoms with Gasteiger partial charge in [0.1, 0.15) is 0 Å². The van der Waals surface area contributed by atoms with E-state index in [2.05, 4.69) is 0 Å². The minimum Gasteiger partial charge on any atom is -0.284 e. The van der Waals surface area contributed by atoms with Gasteiger partial charge in [0.05, 0.1) is 11.4 Å². The highest BCUT2D eigenvalue weighted by Gasteiger charge is 2.37. The summed E-state index contributed by atoms with van der Waals surface area (Å²) in [6.07, 6.45) is 0.787. The van der Waals surface area contributed by atoms with E-state index in [1.54, 1.807) is 20.8 Å². The third kappa shape index (κ3) is 1.62. The Bertz CT molecular complexity index is 246. The minimum atomic E-state index is -3.27. The van der Waals surface area contributed by atoms with Crippen molar-refractivity contribution in [2.75, 3.05) is 13.2 Å². The Morgan fingerprint density at radius 1 is 1.33 bits per heavy atom. The molecule has 0 unspecified atom stereocenters. The summed E-state index contributed by atoms with van der Waals surface area (Å²) in [5.41, 5.74) is 0. The van der Waals surface area contributed by atoms with Crippen LogP contribution < -0.4 is 0 Å². The molecule has 1 fully saturated rings. The number of rotatable bonds is 1. The Kier molecular flexibility index (Phi) is 2.47.